The van der Waals surface area contributed by atoms with Crippen LogP contribution in [0.25, 0.3) is 0 Å². The number of urea groups is 1. The molecular weight excluding hydrogens is 274 g/mol. The SMILES string of the molecule is CC1CCCN(C(=O)N2CCN(Cc3ccccc3)CC2)C1. The fourth-order valence-corrected chi connectivity index (χ4v) is 3.50. The second-order valence-electron chi connectivity index (χ2n) is 6.72. The molecule has 0 radical (unpaired) electrons. The summed E-state index contributed by atoms with van der Waals surface area (Å²) in [6, 6.07) is 10.8. The topological polar surface area (TPSA) is 26.8 Å². The first-order chi connectivity index (χ1) is 10.7. The number of likely N-dealkylation sites (tertiary alicyclic amines) is 1. The van der Waals surface area contributed by atoms with E-state index in [1.165, 1.54) is 12.0 Å². The molecular formula is C18H27N3O. The molecule has 1 aromatic carbocycles. The highest BCUT2D eigenvalue weighted by atomic mass is 16.2. The molecule has 22 heavy (non-hydrogen) atoms. The lowest BCUT2D eigenvalue weighted by molar-refractivity contribution is 0.0978. The molecule has 4 nitrogen and oxygen atoms in total. The maximum Gasteiger partial charge on any atom is 0.320 e. The fraction of sp³-hybridized carbons (Fsp3) is 0.611. The van der Waals surface area contributed by atoms with Crippen LogP contribution in [0.15, 0.2) is 30.3 Å². The standard InChI is InChI=1S/C18H27N3O/c1-16-6-5-9-21(14-16)18(22)20-12-10-19(11-13-20)15-17-7-3-2-4-8-17/h2-4,7-8,16H,5-6,9-15H2,1H3. The Bertz CT molecular complexity index is 482. The predicted molar refractivity (Wildman–Crippen MR) is 88.7 cm³/mol. The molecule has 2 heterocycles. The number of amides is 2. The van der Waals surface area contributed by atoms with Crippen molar-refractivity contribution in [1.82, 2.24) is 14.7 Å². The van der Waals surface area contributed by atoms with E-state index in [2.05, 4.69) is 47.1 Å². The summed E-state index contributed by atoms with van der Waals surface area (Å²) < 4.78 is 0. The van der Waals surface area contributed by atoms with Gasteiger partial charge in [-0.2, -0.15) is 0 Å². The summed E-state index contributed by atoms with van der Waals surface area (Å²) in [5, 5.41) is 0. The van der Waals surface area contributed by atoms with E-state index in [0.717, 1.165) is 52.2 Å². The van der Waals surface area contributed by atoms with Crippen LogP contribution in [0.1, 0.15) is 25.3 Å². The van der Waals surface area contributed by atoms with E-state index in [9.17, 15) is 4.79 Å². The van der Waals surface area contributed by atoms with Crippen molar-refractivity contribution in [3.63, 3.8) is 0 Å². The van der Waals surface area contributed by atoms with Gasteiger partial charge >= 0.3 is 6.03 Å². The molecule has 1 unspecified atom stereocenters. The van der Waals surface area contributed by atoms with Crippen molar-refractivity contribution in [3.8, 4) is 0 Å². The van der Waals surface area contributed by atoms with Gasteiger partial charge in [-0.1, -0.05) is 37.3 Å². The van der Waals surface area contributed by atoms with Crippen molar-refractivity contribution in [1.29, 1.82) is 0 Å². The number of hydrogen-bond donors (Lipinski definition) is 0. The second kappa shape index (κ2) is 7.14. The molecule has 2 aliphatic heterocycles. The summed E-state index contributed by atoms with van der Waals surface area (Å²) in [5.41, 5.74) is 1.35. The Balaban J connectivity index is 1.48. The second-order valence-corrected chi connectivity index (χ2v) is 6.72. The van der Waals surface area contributed by atoms with Crippen LogP contribution in [0.3, 0.4) is 0 Å². The zero-order chi connectivity index (χ0) is 15.4. The van der Waals surface area contributed by atoms with E-state index < -0.39 is 0 Å². The molecule has 2 fully saturated rings. The molecule has 1 atom stereocenters. The van der Waals surface area contributed by atoms with Crippen molar-refractivity contribution in [2.75, 3.05) is 39.3 Å². The van der Waals surface area contributed by atoms with Crippen molar-refractivity contribution in [3.05, 3.63) is 35.9 Å². The predicted octanol–water partition coefficient (Wildman–Crippen LogP) is 2.66. The first kappa shape index (κ1) is 15.3. The lowest BCUT2D eigenvalue weighted by Crippen LogP contribution is -2.54. The number of hydrogen-bond acceptors (Lipinski definition) is 2. The molecule has 0 aliphatic carbocycles. The number of carbonyl (C=O) groups is 1. The first-order valence-corrected chi connectivity index (χ1v) is 8.52. The monoisotopic (exact) mass is 301 g/mol. The summed E-state index contributed by atoms with van der Waals surface area (Å²) in [7, 11) is 0. The van der Waals surface area contributed by atoms with Gasteiger partial charge in [0.1, 0.15) is 0 Å². The molecule has 2 amide bonds. The molecule has 0 N–H and O–H groups in total. The van der Waals surface area contributed by atoms with E-state index in [1.54, 1.807) is 0 Å². The van der Waals surface area contributed by atoms with Crippen LogP contribution in [-0.4, -0.2) is 60.0 Å². The zero-order valence-electron chi connectivity index (χ0n) is 13.6. The van der Waals surface area contributed by atoms with Gasteiger partial charge in [0.2, 0.25) is 0 Å². The largest absolute Gasteiger partial charge is 0.324 e. The smallest absolute Gasteiger partial charge is 0.320 e. The van der Waals surface area contributed by atoms with Gasteiger partial charge in [0.25, 0.3) is 0 Å². The van der Waals surface area contributed by atoms with Gasteiger partial charge in [0.15, 0.2) is 0 Å². The van der Waals surface area contributed by atoms with Crippen molar-refractivity contribution >= 4 is 6.03 Å². The van der Waals surface area contributed by atoms with Crippen LogP contribution < -0.4 is 0 Å². The minimum atomic E-state index is 0.255. The molecule has 0 bridgehead atoms. The molecule has 0 spiro atoms. The van der Waals surface area contributed by atoms with Crippen molar-refractivity contribution < 1.29 is 4.79 Å². The van der Waals surface area contributed by atoms with E-state index >= 15 is 0 Å². The number of carbonyl (C=O) groups excluding carboxylic acids is 1. The first-order valence-electron chi connectivity index (χ1n) is 8.52. The Morgan fingerprint density at radius 3 is 2.45 bits per heavy atom. The number of benzene rings is 1. The average Bonchev–Trinajstić information content (AvgIpc) is 2.56. The minimum Gasteiger partial charge on any atom is -0.324 e. The molecule has 0 aromatic heterocycles. The highest BCUT2D eigenvalue weighted by Crippen LogP contribution is 2.18. The van der Waals surface area contributed by atoms with Crippen LogP contribution >= 0.6 is 0 Å². The van der Waals surface area contributed by atoms with Gasteiger partial charge in [-0.3, -0.25) is 4.90 Å². The van der Waals surface area contributed by atoms with Crippen LogP contribution in [0.5, 0.6) is 0 Å². The van der Waals surface area contributed by atoms with Gasteiger partial charge in [-0.15, -0.1) is 0 Å². The summed E-state index contributed by atoms with van der Waals surface area (Å²) in [5.74, 6) is 0.650. The molecule has 2 aliphatic rings. The normalized spacial score (nSPS) is 23.6. The van der Waals surface area contributed by atoms with E-state index in [0.29, 0.717) is 5.92 Å². The Morgan fingerprint density at radius 2 is 1.77 bits per heavy atom. The third-order valence-electron chi connectivity index (χ3n) is 4.82. The maximum atomic E-state index is 12.6. The molecule has 3 rings (SSSR count). The Morgan fingerprint density at radius 1 is 1.05 bits per heavy atom. The Hall–Kier alpha value is -1.55. The highest BCUT2D eigenvalue weighted by Gasteiger charge is 2.27. The van der Waals surface area contributed by atoms with Crippen LogP contribution in [0.2, 0.25) is 0 Å². The lowest BCUT2D eigenvalue weighted by atomic mass is 10.0. The summed E-state index contributed by atoms with van der Waals surface area (Å²) in [6.07, 6.45) is 2.41. The fourth-order valence-electron chi connectivity index (χ4n) is 3.50. The van der Waals surface area contributed by atoms with Gasteiger partial charge in [0, 0.05) is 45.8 Å². The van der Waals surface area contributed by atoms with Gasteiger partial charge in [-0.05, 0) is 24.3 Å². The minimum absolute atomic E-state index is 0.255. The number of piperidine rings is 1. The van der Waals surface area contributed by atoms with E-state index in [1.807, 2.05) is 4.90 Å². The van der Waals surface area contributed by atoms with Gasteiger partial charge < -0.3 is 9.80 Å². The Labute approximate surface area is 133 Å². The summed E-state index contributed by atoms with van der Waals surface area (Å²) in [6.45, 7) is 8.78. The summed E-state index contributed by atoms with van der Waals surface area (Å²) >= 11 is 0. The molecule has 1 aromatic rings. The van der Waals surface area contributed by atoms with Crippen molar-refractivity contribution in [2.45, 2.75) is 26.3 Å². The number of piperazine rings is 1. The zero-order valence-corrected chi connectivity index (χ0v) is 13.6. The van der Waals surface area contributed by atoms with Crippen LogP contribution in [0.4, 0.5) is 4.79 Å². The highest BCUT2D eigenvalue weighted by molar-refractivity contribution is 5.74. The van der Waals surface area contributed by atoms with Gasteiger partial charge in [0.05, 0.1) is 0 Å². The van der Waals surface area contributed by atoms with Crippen molar-refractivity contribution in [2.24, 2.45) is 5.92 Å². The lowest BCUT2D eigenvalue weighted by Gasteiger charge is -2.39. The molecule has 120 valence electrons. The summed E-state index contributed by atoms with van der Waals surface area (Å²) in [4.78, 5) is 19.1. The Kier molecular flexibility index (Phi) is 4.98. The third kappa shape index (κ3) is 3.80. The molecule has 0 saturated carbocycles. The maximum absolute atomic E-state index is 12.6. The van der Waals surface area contributed by atoms with E-state index in [-0.39, 0.29) is 6.03 Å². The quantitative estimate of drug-likeness (QED) is 0.839. The van der Waals surface area contributed by atoms with Gasteiger partial charge in [-0.25, -0.2) is 4.79 Å². The van der Waals surface area contributed by atoms with E-state index in [4.69, 9.17) is 0 Å². The molecule has 2 saturated heterocycles. The number of rotatable bonds is 2. The van der Waals surface area contributed by atoms with Crippen LogP contribution in [0, 0.1) is 5.92 Å². The third-order valence-corrected chi connectivity index (χ3v) is 4.82. The average molecular weight is 301 g/mol. The molecule has 4 heteroatoms. The van der Waals surface area contributed by atoms with Crippen LogP contribution in [-0.2, 0) is 6.54 Å². The number of nitrogens with zero attached hydrogens (tertiary/aromatic N) is 3.